The van der Waals surface area contributed by atoms with E-state index in [1.807, 2.05) is 19.1 Å². The molecule has 3 nitrogen and oxygen atoms in total. The lowest BCUT2D eigenvalue weighted by Gasteiger charge is -2.32. The van der Waals surface area contributed by atoms with Crippen LogP contribution in [-0.2, 0) is 16.8 Å². The van der Waals surface area contributed by atoms with Crippen LogP contribution >= 0.6 is 0 Å². The molecule has 2 rings (SSSR count). The maximum atomic E-state index is 10.8. The molecule has 2 unspecified atom stereocenters. The molecule has 112 valence electrons. The van der Waals surface area contributed by atoms with E-state index in [1.54, 1.807) is 0 Å². The molecule has 1 aromatic rings. The predicted molar refractivity (Wildman–Crippen MR) is 81.8 cm³/mol. The highest BCUT2D eigenvalue weighted by Gasteiger charge is 2.28. The summed E-state index contributed by atoms with van der Waals surface area (Å²) in [5, 5.41) is 14.2. The van der Waals surface area contributed by atoms with Crippen LogP contribution < -0.4 is 5.32 Å². The van der Waals surface area contributed by atoms with Crippen molar-refractivity contribution >= 4 is 0 Å². The first kappa shape index (κ1) is 15.5. The fourth-order valence-corrected chi connectivity index (χ4v) is 2.85. The zero-order valence-corrected chi connectivity index (χ0v) is 12.9. The van der Waals surface area contributed by atoms with Gasteiger partial charge in [-0.3, -0.25) is 0 Å². The molecule has 0 bridgehead atoms. The minimum atomic E-state index is -0.814. The van der Waals surface area contributed by atoms with Crippen LogP contribution in [0.4, 0.5) is 0 Å². The molecule has 1 heterocycles. The first-order valence-electron chi connectivity index (χ1n) is 7.60. The van der Waals surface area contributed by atoms with Gasteiger partial charge in [0.2, 0.25) is 0 Å². The van der Waals surface area contributed by atoms with Crippen LogP contribution in [0.3, 0.4) is 0 Å². The fraction of sp³-hybridized carbons (Fsp3) is 0.647. The van der Waals surface area contributed by atoms with Gasteiger partial charge in [-0.25, -0.2) is 0 Å². The van der Waals surface area contributed by atoms with Gasteiger partial charge in [0.15, 0.2) is 0 Å². The third-order valence-corrected chi connectivity index (χ3v) is 3.84. The Morgan fingerprint density at radius 2 is 2.25 bits per heavy atom. The molecule has 1 aliphatic heterocycles. The molecule has 0 radical (unpaired) electrons. The van der Waals surface area contributed by atoms with E-state index in [0.29, 0.717) is 18.9 Å². The second-order valence-electron chi connectivity index (χ2n) is 6.50. The van der Waals surface area contributed by atoms with E-state index in [1.165, 1.54) is 5.56 Å². The van der Waals surface area contributed by atoms with E-state index < -0.39 is 5.60 Å². The van der Waals surface area contributed by atoms with Gasteiger partial charge in [0.1, 0.15) is 0 Å². The van der Waals surface area contributed by atoms with Crippen molar-refractivity contribution in [2.75, 3.05) is 19.8 Å². The zero-order chi connectivity index (χ0) is 14.6. The Kier molecular flexibility index (Phi) is 5.19. The summed E-state index contributed by atoms with van der Waals surface area (Å²) in [7, 11) is 0. The second kappa shape index (κ2) is 6.70. The second-order valence-corrected chi connectivity index (χ2v) is 6.50. The molecule has 2 N–H and O–H groups in total. The summed E-state index contributed by atoms with van der Waals surface area (Å²) in [6.45, 7) is 8.65. The molecule has 3 heteroatoms. The molecule has 1 saturated heterocycles. The molecule has 1 aromatic carbocycles. The lowest BCUT2D eigenvalue weighted by Crippen LogP contribution is -2.45. The van der Waals surface area contributed by atoms with Gasteiger partial charge in [-0.15, -0.1) is 0 Å². The van der Waals surface area contributed by atoms with Crippen LogP contribution in [0.15, 0.2) is 24.3 Å². The summed E-state index contributed by atoms with van der Waals surface area (Å²) in [4.78, 5) is 0. The lowest BCUT2D eigenvalue weighted by atomic mass is 9.87. The number of benzene rings is 1. The van der Waals surface area contributed by atoms with Crippen LogP contribution in [0.2, 0.25) is 0 Å². The highest BCUT2D eigenvalue weighted by Crippen LogP contribution is 2.27. The number of nitrogens with one attached hydrogen (secondary N) is 1. The van der Waals surface area contributed by atoms with Crippen LogP contribution in [0.5, 0.6) is 0 Å². The number of hydrogen-bond acceptors (Lipinski definition) is 3. The van der Waals surface area contributed by atoms with Crippen LogP contribution in [-0.4, -0.2) is 30.9 Å². The summed E-state index contributed by atoms with van der Waals surface area (Å²) in [5.41, 5.74) is 1.49. The normalized spacial score (nSPS) is 22.8. The number of aliphatic hydroxyl groups is 1. The fourth-order valence-electron chi connectivity index (χ4n) is 2.85. The molecule has 0 spiro atoms. The van der Waals surface area contributed by atoms with Crippen molar-refractivity contribution in [3.8, 4) is 0 Å². The van der Waals surface area contributed by atoms with Crippen molar-refractivity contribution in [1.82, 2.24) is 5.32 Å². The first-order valence-corrected chi connectivity index (χ1v) is 7.60. The quantitative estimate of drug-likeness (QED) is 0.869. The van der Waals surface area contributed by atoms with Gasteiger partial charge in [0, 0.05) is 12.6 Å². The maximum Gasteiger partial charge on any atom is 0.0884 e. The van der Waals surface area contributed by atoms with E-state index in [4.69, 9.17) is 4.74 Å². The van der Waals surface area contributed by atoms with Gasteiger partial charge in [0.05, 0.1) is 18.8 Å². The number of ether oxygens (including phenoxy) is 1. The van der Waals surface area contributed by atoms with E-state index in [2.05, 4.69) is 31.3 Å². The topological polar surface area (TPSA) is 41.5 Å². The summed E-state index contributed by atoms with van der Waals surface area (Å²) in [6, 6.07) is 8.58. The Morgan fingerprint density at radius 3 is 2.90 bits per heavy atom. The minimum absolute atomic E-state index is 0.229. The van der Waals surface area contributed by atoms with Crippen molar-refractivity contribution in [3.05, 3.63) is 35.4 Å². The Morgan fingerprint density at radius 1 is 1.45 bits per heavy atom. The average Bonchev–Trinajstić information content (AvgIpc) is 2.39. The van der Waals surface area contributed by atoms with Crippen molar-refractivity contribution in [1.29, 1.82) is 0 Å². The molecule has 1 fully saturated rings. The molecule has 1 aliphatic rings. The minimum Gasteiger partial charge on any atom is -0.385 e. The van der Waals surface area contributed by atoms with Crippen molar-refractivity contribution in [2.24, 2.45) is 5.92 Å². The van der Waals surface area contributed by atoms with E-state index in [9.17, 15) is 5.11 Å². The molecular formula is C17H27NO2. The number of rotatable bonds is 5. The van der Waals surface area contributed by atoms with Gasteiger partial charge >= 0.3 is 0 Å². The molecule has 2 atom stereocenters. The van der Waals surface area contributed by atoms with Crippen molar-refractivity contribution < 1.29 is 9.84 Å². The highest BCUT2D eigenvalue weighted by molar-refractivity contribution is 5.28. The van der Waals surface area contributed by atoms with Gasteiger partial charge in [-0.1, -0.05) is 38.1 Å². The molecule has 0 saturated carbocycles. The van der Waals surface area contributed by atoms with Gasteiger partial charge in [0.25, 0.3) is 0 Å². The van der Waals surface area contributed by atoms with Gasteiger partial charge < -0.3 is 15.2 Å². The van der Waals surface area contributed by atoms with E-state index in [0.717, 1.165) is 25.1 Å². The molecule has 0 amide bonds. The van der Waals surface area contributed by atoms with Gasteiger partial charge in [-0.05, 0) is 36.8 Å². The molecule has 0 aromatic heterocycles. The van der Waals surface area contributed by atoms with Crippen LogP contribution in [0.25, 0.3) is 0 Å². The van der Waals surface area contributed by atoms with E-state index in [-0.39, 0.29) is 6.04 Å². The molecule has 0 aliphatic carbocycles. The number of hydrogen-bond donors (Lipinski definition) is 2. The molecule has 20 heavy (non-hydrogen) atoms. The number of morpholine rings is 1. The standard InChI is InChI=1S/C17H27NO2/c1-13(2)9-14-5-4-6-15(10-14)17(3,19)11-16-12-20-8-7-18-16/h4-6,10,13,16,18-19H,7-9,11-12H2,1-3H3. The first-order chi connectivity index (χ1) is 9.47. The smallest absolute Gasteiger partial charge is 0.0884 e. The maximum absolute atomic E-state index is 10.8. The van der Waals surface area contributed by atoms with Crippen molar-refractivity contribution in [3.63, 3.8) is 0 Å². The Hall–Kier alpha value is -0.900. The average molecular weight is 277 g/mol. The lowest BCUT2D eigenvalue weighted by molar-refractivity contribution is 0.00317. The Balaban J connectivity index is 2.07. The highest BCUT2D eigenvalue weighted by atomic mass is 16.5. The van der Waals surface area contributed by atoms with Gasteiger partial charge in [-0.2, -0.15) is 0 Å². The third kappa shape index (κ3) is 4.30. The Labute approximate surface area is 122 Å². The van der Waals surface area contributed by atoms with Crippen LogP contribution in [0, 0.1) is 5.92 Å². The van der Waals surface area contributed by atoms with E-state index >= 15 is 0 Å². The summed E-state index contributed by atoms with van der Waals surface area (Å²) in [5.74, 6) is 0.628. The Bertz CT molecular complexity index is 423. The largest absolute Gasteiger partial charge is 0.385 e. The summed E-state index contributed by atoms with van der Waals surface area (Å²) < 4.78 is 5.47. The van der Waals surface area contributed by atoms with Crippen LogP contribution in [0.1, 0.15) is 38.3 Å². The summed E-state index contributed by atoms with van der Waals surface area (Å²) >= 11 is 0. The zero-order valence-electron chi connectivity index (χ0n) is 12.9. The predicted octanol–water partition coefficient (Wildman–Crippen LogP) is 2.47. The molecular weight excluding hydrogens is 250 g/mol. The SMILES string of the molecule is CC(C)Cc1cccc(C(C)(O)CC2COCCN2)c1. The summed E-state index contributed by atoms with van der Waals surface area (Å²) in [6.07, 6.45) is 1.73. The van der Waals surface area contributed by atoms with Crippen molar-refractivity contribution in [2.45, 2.75) is 45.3 Å². The third-order valence-electron chi connectivity index (χ3n) is 3.84. The monoisotopic (exact) mass is 277 g/mol.